The maximum absolute atomic E-state index is 12.4. The topological polar surface area (TPSA) is 52.5 Å². The zero-order valence-electron chi connectivity index (χ0n) is 15.0. The number of aromatic nitrogens is 1. The van der Waals surface area contributed by atoms with Gasteiger partial charge < -0.3 is 14.3 Å². The van der Waals surface area contributed by atoms with Gasteiger partial charge in [-0.1, -0.05) is 18.2 Å². The zero-order valence-corrected chi connectivity index (χ0v) is 15.0. The molecule has 0 spiro atoms. The van der Waals surface area contributed by atoms with E-state index >= 15 is 0 Å². The summed E-state index contributed by atoms with van der Waals surface area (Å²) in [5.74, 6) is 1.12. The zero-order chi connectivity index (χ0) is 17.8. The first-order chi connectivity index (χ1) is 12.8. The van der Waals surface area contributed by atoms with Crippen molar-refractivity contribution in [2.45, 2.75) is 19.3 Å². The monoisotopic (exact) mass is 351 g/mol. The standard InChI is InChI=1S/C21H25N3O2/c25-21(8-7-18-4-3-15-26-18)24-13-11-23(12-14-24)10-9-17-16-22-20-6-2-1-5-19(17)20/h1-6,15-16,22H,7-14H2. The van der Waals surface area contributed by atoms with Gasteiger partial charge in [0.15, 0.2) is 0 Å². The number of H-pyrrole nitrogens is 1. The molecule has 0 saturated carbocycles. The molecule has 2 aromatic heterocycles. The van der Waals surface area contributed by atoms with Crippen LogP contribution in [-0.2, 0) is 17.6 Å². The van der Waals surface area contributed by atoms with E-state index in [9.17, 15) is 4.79 Å². The van der Waals surface area contributed by atoms with E-state index in [4.69, 9.17) is 4.42 Å². The predicted molar refractivity (Wildman–Crippen MR) is 102 cm³/mol. The van der Waals surface area contributed by atoms with E-state index in [0.717, 1.165) is 44.9 Å². The average molecular weight is 351 g/mol. The van der Waals surface area contributed by atoms with Crippen LogP contribution in [-0.4, -0.2) is 53.4 Å². The first-order valence-electron chi connectivity index (χ1n) is 9.37. The molecule has 1 amide bonds. The van der Waals surface area contributed by atoms with E-state index in [1.54, 1.807) is 6.26 Å². The lowest BCUT2D eigenvalue weighted by Gasteiger charge is -2.34. The second-order valence-corrected chi connectivity index (χ2v) is 6.91. The molecule has 5 heteroatoms. The molecule has 0 unspecified atom stereocenters. The molecular weight excluding hydrogens is 326 g/mol. The molecule has 26 heavy (non-hydrogen) atoms. The smallest absolute Gasteiger partial charge is 0.223 e. The van der Waals surface area contributed by atoms with E-state index in [-0.39, 0.29) is 5.91 Å². The Balaban J connectivity index is 1.23. The Hall–Kier alpha value is -2.53. The summed E-state index contributed by atoms with van der Waals surface area (Å²) in [6, 6.07) is 12.2. The Bertz CT molecular complexity index is 845. The molecule has 3 aromatic rings. The highest BCUT2D eigenvalue weighted by Gasteiger charge is 2.21. The van der Waals surface area contributed by atoms with Gasteiger partial charge in [-0.15, -0.1) is 0 Å². The third-order valence-corrected chi connectivity index (χ3v) is 5.26. The first kappa shape index (κ1) is 16.9. The van der Waals surface area contributed by atoms with Crippen molar-refractivity contribution in [3.8, 4) is 0 Å². The molecule has 1 aliphatic rings. The highest BCUT2D eigenvalue weighted by molar-refractivity contribution is 5.83. The van der Waals surface area contributed by atoms with E-state index in [0.29, 0.717) is 12.8 Å². The molecule has 0 bridgehead atoms. The van der Waals surface area contributed by atoms with Crippen molar-refractivity contribution in [1.82, 2.24) is 14.8 Å². The molecule has 1 saturated heterocycles. The second kappa shape index (κ2) is 7.79. The molecule has 4 rings (SSSR count). The molecule has 0 aliphatic carbocycles. The van der Waals surface area contributed by atoms with Crippen LogP contribution < -0.4 is 0 Å². The van der Waals surface area contributed by atoms with Crippen LogP contribution in [0, 0.1) is 0 Å². The molecule has 3 heterocycles. The van der Waals surface area contributed by atoms with Crippen molar-refractivity contribution in [2.24, 2.45) is 0 Å². The number of furan rings is 1. The lowest BCUT2D eigenvalue weighted by atomic mass is 10.1. The van der Waals surface area contributed by atoms with Crippen molar-refractivity contribution in [3.05, 3.63) is 60.2 Å². The van der Waals surface area contributed by atoms with Crippen LogP contribution in [0.5, 0.6) is 0 Å². The van der Waals surface area contributed by atoms with Gasteiger partial charge >= 0.3 is 0 Å². The Morgan fingerprint density at radius 2 is 1.88 bits per heavy atom. The third kappa shape index (κ3) is 3.83. The van der Waals surface area contributed by atoms with Gasteiger partial charge in [0.25, 0.3) is 0 Å². The molecule has 5 nitrogen and oxygen atoms in total. The Morgan fingerprint density at radius 3 is 2.69 bits per heavy atom. The largest absolute Gasteiger partial charge is 0.469 e. The fraction of sp³-hybridized carbons (Fsp3) is 0.381. The summed E-state index contributed by atoms with van der Waals surface area (Å²) in [6.45, 7) is 4.59. The number of carbonyl (C=O) groups excluding carboxylic acids is 1. The summed E-state index contributed by atoms with van der Waals surface area (Å²) in [7, 11) is 0. The summed E-state index contributed by atoms with van der Waals surface area (Å²) in [5, 5.41) is 1.32. The number of piperazine rings is 1. The maximum Gasteiger partial charge on any atom is 0.223 e. The van der Waals surface area contributed by atoms with Crippen molar-refractivity contribution >= 4 is 16.8 Å². The first-order valence-corrected chi connectivity index (χ1v) is 9.37. The van der Waals surface area contributed by atoms with Crippen LogP contribution in [0.3, 0.4) is 0 Å². The fourth-order valence-corrected chi connectivity index (χ4v) is 3.68. The molecular formula is C21H25N3O2. The SMILES string of the molecule is O=C(CCc1ccco1)N1CCN(CCc2c[nH]c3ccccc23)CC1. The summed E-state index contributed by atoms with van der Waals surface area (Å²) >= 11 is 0. The van der Waals surface area contributed by atoms with E-state index in [1.165, 1.54) is 16.5 Å². The summed E-state index contributed by atoms with van der Waals surface area (Å²) < 4.78 is 5.30. The van der Waals surface area contributed by atoms with Crippen LogP contribution in [0.15, 0.2) is 53.3 Å². The third-order valence-electron chi connectivity index (χ3n) is 5.26. The molecule has 1 N–H and O–H groups in total. The number of aromatic amines is 1. The normalized spacial score (nSPS) is 15.6. The molecule has 1 aromatic carbocycles. The van der Waals surface area contributed by atoms with E-state index in [1.807, 2.05) is 17.0 Å². The minimum Gasteiger partial charge on any atom is -0.469 e. The van der Waals surface area contributed by atoms with Gasteiger partial charge in [-0.2, -0.15) is 0 Å². The molecule has 1 fully saturated rings. The van der Waals surface area contributed by atoms with Gasteiger partial charge in [-0.25, -0.2) is 0 Å². The number of para-hydroxylation sites is 1. The van der Waals surface area contributed by atoms with Crippen molar-refractivity contribution in [2.75, 3.05) is 32.7 Å². The summed E-state index contributed by atoms with van der Waals surface area (Å²) in [5.41, 5.74) is 2.58. The van der Waals surface area contributed by atoms with Crippen LogP contribution in [0.4, 0.5) is 0 Å². The average Bonchev–Trinajstić information content (AvgIpc) is 3.35. The highest BCUT2D eigenvalue weighted by Crippen LogP contribution is 2.18. The number of rotatable bonds is 6. The fourth-order valence-electron chi connectivity index (χ4n) is 3.68. The second-order valence-electron chi connectivity index (χ2n) is 6.91. The van der Waals surface area contributed by atoms with E-state index < -0.39 is 0 Å². The van der Waals surface area contributed by atoms with Gasteiger partial charge in [0.05, 0.1) is 6.26 Å². The summed E-state index contributed by atoms with van der Waals surface area (Å²) in [6.07, 6.45) is 6.04. The predicted octanol–water partition coefficient (Wildman–Crippen LogP) is 3.08. The number of nitrogens with zero attached hydrogens (tertiary/aromatic N) is 2. The maximum atomic E-state index is 12.4. The number of aryl methyl sites for hydroxylation is 1. The number of fused-ring (bicyclic) bond motifs is 1. The van der Waals surface area contributed by atoms with Gasteiger partial charge in [-0.3, -0.25) is 9.69 Å². The number of benzene rings is 1. The number of carbonyl (C=O) groups is 1. The van der Waals surface area contributed by atoms with Crippen molar-refractivity contribution < 1.29 is 9.21 Å². The quantitative estimate of drug-likeness (QED) is 0.742. The lowest BCUT2D eigenvalue weighted by Crippen LogP contribution is -2.49. The van der Waals surface area contributed by atoms with Crippen molar-refractivity contribution in [1.29, 1.82) is 0 Å². The lowest BCUT2D eigenvalue weighted by molar-refractivity contribution is -0.132. The molecule has 1 aliphatic heterocycles. The Morgan fingerprint density at radius 1 is 1.04 bits per heavy atom. The minimum atomic E-state index is 0.234. The van der Waals surface area contributed by atoms with Gasteiger partial charge in [0.2, 0.25) is 5.91 Å². The van der Waals surface area contributed by atoms with Gasteiger partial charge in [-0.05, 0) is 30.2 Å². The molecule has 136 valence electrons. The van der Waals surface area contributed by atoms with Crippen LogP contribution in [0.1, 0.15) is 17.7 Å². The van der Waals surface area contributed by atoms with Gasteiger partial charge in [0.1, 0.15) is 5.76 Å². The Kier molecular flexibility index (Phi) is 5.07. The minimum absolute atomic E-state index is 0.234. The number of hydrogen-bond donors (Lipinski definition) is 1. The van der Waals surface area contributed by atoms with Crippen LogP contribution in [0.2, 0.25) is 0 Å². The van der Waals surface area contributed by atoms with Gasteiger partial charge in [0, 0.05) is 62.7 Å². The Labute approximate surface area is 153 Å². The van der Waals surface area contributed by atoms with Crippen LogP contribution >= 0.6 is 0 Å². The van der Waals surface area contributed by atoms with Crippen molar-refractivity contribution in [3.63, 3.8) is 0 Å². The van der Waals surface area contributed by atoms with E-state index in [2.05, 4.69) is 40.3 Å². The number of nitrogens with one attached hydrogen (secondary N) is 1. The summed E-state index contributed by atoms with van der Waals surface area (Å²) in [4.78, 5) is 20.1. The van der Waals surface area contributed by atoms with Crippen LogP contribution in [0.25, 0.3) is 10.9 Å². The number of amides is 1. The molecule has 0 radical (unpaired) electrons. The highest BCUT2D eigenvalue weighted by atomic mass is 16.3. The number of hydrogen-bond acceptors (Lipinski definition) is 3. The molecule has 0 atom stereocenters.